The second-order valence-corrected chi connectivity index (χ2v) is 6.51. The minimum Gasteiger partial charge on any atom is -0.481 e. The van der Waals surface area contributed by atoms with Crippen molar-refractivity contribution in [3.8, 4) is 5.88 Å². The number of aliphatic hydroxyl groups excluding tert-OH is 1. The number of rotatable bonds is 4. The van der Waals surface area contributed by atoms with E-state index >= 15 is 0 Å². The normalized spacial score (nSPS) is 25.7. The summed E-state index contributed by atoms with van der Waals surface area (Å²) in [6, 6.07) is 5.75. The zero-order valence-corrected chi connectivity index (χ0v) is 13.7. The Hall–Kier alpha value is -1.76. The molecule has 6 heteroatoms. The molecule has 2 aromatic rings. The number of nitrogens with two attached hydrogens (primary N) is 1. The molecule has 0 radical (unpaired) electrons. The number of hydrogen-bond acceptors (Lipinski definition) is 6. The first-order valence-corrected chi connectivity index (χ1v) is 7.97. The summed E-state index contributed by atoms with van der Waals surface area (Å²) in [5.41, 5.74) is 8.51. The lowest BCUT2D eigenvalue weighted by molar-refractivity contribution is 0.0124. The summed E-state index contributed by atoms with van der Waals surface area (Å²) >= 11 is 0. The molecule has 3 heterocycles. The largest absolute Gasteiger partial charge is 0.481 e. The van der Waals surface area contributed by atoms with Gasteiger partial charge in [-0.2, -0.15) is 0 Å². The molecule has 0 aliphatic carbocycles. The summed E-state index contributed by atoms with van der Waals surface area (Å²) in [7, 11) is 1.61. The number of likely N-dealkylation sites (tertiary alicyclic amines) is 1. The number of methoxy groups -OCH3 is 1. The number of aromatic nitrogens is 2. The van der Waals surface area contributed by atoms with Gasteiger partial charge in [0, 0.05) is 37.4 Å². The molecule has 0 saturated carbocycles. The molecule has 2 aromatic heterocycles. The molecule has 1 aliphatic rings. The van der Waals surface area contributed by atoms with Crippen LogP contribution in [0.3, 0.4) is 0 Å². The van der Waals surface area contributed by atoms with Gasteiger partial charge < -0.3 is 20.5 Å². The lowest BCUT2D eigenvalue weighted by Crippen LogP contribution is -2.59. The van der Waals surface area contributed by atoms with Gasteiger partial charge in [-0.1, -0.05) is 0 Å². The molecule has 1 aliphatic heterocycles. The van der Waals surface area contributed by atoms with Crippen molar-refractivity contribution in [1.82, 2.24) is 14.9 Å². The van der Waals surface area contributed by atoms with Crippen LogP contribution in [0, 0.1) is 0 Å². The van der Waals surface area contributed by atoms with Crippen LogP contribution in [0.2, 0.25) is 0 Å². The molecule has 23 heavy (non-hydrogen) atoms. The molecule has 1 saturated heterocycles. The quantitative estimate of drug-likeness (QED) is 0.874. The monoisotopic (exact) mass is 316 g/mol. The van der Waals surface area contributed by atoms with Gasteiger partial charge in [0.25, 0.3) is 0 Å². The predicted molar refractivity (Wildman–Crippen MR) is 89.5 cm³/mol. The van der Waals surface area contributed by atoms with E-state index in [4.69, 9.17) is 10.5 Å². The number of aliphatic hydroxyl groups is 1. The molecule has 3 N–H and O–H groups in total. The molecule has 124 valence electrons. The summed E-state index contributed by atoms with van der Waals surface area (Å²) in [4.78, 5) is 11.1. The van der Waals surface area contributed by atoms with E-state index in [1.54, 1.807) is 7.11 Å². The minimum absolute atomic E-state index is 0.477. The molecular formula is C17H24N4O2. The van der Waals surface area contributed by atoms with Crippen molar-refractivity contribution >= 4 is 11.0 Å². The van der Waals surface area contributed by atoms with Gasteiger partial charge >= 0.3 is 0 Å². The van der Waals surface area contributed by atoms with Gasteiger partial charge in [-0.3, -0.25) is 4.98 Å². The van der Waals surface area contributed by atoms with Gasteiger partial charge in [0.1, 0.15) is 0 Å². The molecular weight excluding hydrogens is 292 g/mol. The standard InChI is InChI=1S/C17H24N4O2/c1-17(18)7-10-21(11-14(17)22)9-6-12-5-8-19-13-3-4-15(23-2)20-16(12)13/h3-5,8,14,22H,6-7,9-11,18H2,1-2H3/t14-,17-/m0/s1. The minimum atomic E-state index is -0.483. The van der Waals surface area contributed by atoms with Crippen molar-refractivity contribution in [3.63, 3.8) is 0 Å². The highest BCUT2D eigenvalue weighted by Gasteiger charge is 2.34. The Kier molecular flexibility index (Phi) is 4.48. The first-order valence-electron chi connectivity index (χ1n) is 7.97. The number of ether oxygens (including phenoxy) is 1. The number of piperidine rings is 1. The zero-order chi connectivity index (χ0) is 16.4. The lowest BCUT2D eigenvalue weighted by atomic mass is 9.88. The van der Waals surface area contributed by atoms with Gasteiger partial charge in [-0.25, -0.2) is 4.98 Å². The van der Waals surface area contributed by atoms with Gasteiger partial charge in [0.2, 0.25) is 5.88 Å². The first-order chi connectivity index (χ1) is 11.0. The van der Waals surface area contributed by atoms with Gasteiger partial charge in [-0.05, 0) is 37.5 Å². The van der Waals surface area contributed by atoms with Crippen LogP contribution in [0.4, 0.5) is 0 Å². The summed E-state index contributed by atoms with van der Waals surface area (Å²) in [5.74, 6) is 0.596. The fourth-order valence-electron chi connectivity index (χ4n) is 2.97. The topological polar surface area (TPSA) is 84.5 Å². The fraction of sp³-hybridized carbons (Fsp3) is 0.529. The molecule has 6 nitrogen and oxygen atoms in total. The maximum atomic E-state index is 10.1. The van der Waals surface area contributed by atoms with Gasteiger partial charge in [0.15, 0.2) is 0 Å². The van der Waals surface area contributed by atoms with Crippen LogP contribution in [-0.4, -0.2) is 58.4 Å². The lowest BCUT2D eigenvalue weighted by Gasteiger charge is -2.41. The van der Waals surface area contributed by atoms with Crippen molar-refractivity contribution in [1.29, 1.82) is 0 Å². The third-order valence-corrected chi connectivity index (χ3v) is 4.71. The predicted octanol–water partition coefficient (Wildman–Crippen LogP) is 0.965. The maximum absolute atomic E-state index is 10.1. The van der Waals surface area contributed by atoms with Crippen LogP contribution >= 0.6 is 0 Å². The summed E-state index contributed by atoms with van der Waals surface area (Å²) in [6.45, 7) is 4.31. The molecule has 0 bridgehead atoms. The third-order valence-electron chi connectivity index (χ3n) is 4.71. The Morgan fingerprint density at radius 3 is 3.00 bits per heavy atom. The van der Waals surface area contributed by atoms with E-state index in [1.807, 2.05) is 31.3 Å². The van der Waals surface area contributed by atoms with E-state index in [2.05, 4.69) is 14.9 Å². The van der Waals surface area contributed by atoms with Gasteiger partial charge in [-0.15, -0.1) is 0 Å². The van der Waals surface area contributed by atoms with Crippen molar-refractivity contribution in [2.24, 2.45) is 5.73 Å². The summed E-state index contributed by atoms with van der Waals surface area (Å²) in [5, 5.41) is 10.1. The summed E-state index contributed by atoms with van der Waals surface area (Å²) < 4.78 is 5.21. The number of β-amino-alcohol motifs (C(OH)–C–C–N with tert-alkyl or cyclic N) is 1. The third kappa shape index (κ3) is 3.44. The zero-order valence-electron chi connectivity index (χ0n) is 13.7. The van der Waals surface area contributed by atoms with Crippen molar-refractivity contribution < 1.29 is 9.84 Å². The smallest absolute Gasteiger partial charge is 0.213 e. The van der Waals surface area contributed by atoms with Crippen LogP contribution in [0.1, 0.15) is 18.9 Å². The SMILES string of the molecule is COc1ccc2nccc(CCN3CC[C@](C)(N)[C@@H](O)C3)c2n1. The Bertz CT molecular complexity index is 689. The van der Waals surface area contributed by atoms with Gasteiger partial charge in [0.05, 0.1) is 24.2 Å². The number of nitrogens with zero attached hydrogens (tertiary/aromatic N) is 3. The van der Waals surface area contributed by atoms with Crippen LogP contribution < -0.4 is 10.5 Å². The van der Waals surface area contributed by atoms with Crippen LogP contribution in [-0.2, 0) is 6.42 Å². The molecule has 3 rings (SSSR count). The van der Waals surface area contributed by atoms with E-state index in [0.717, 1.165) is 42.5 Å². The molecule has 2 atom stereocenters. The van der Waals surface area contributed by atoms with E-state index in [1.165, 1.54) is 0 Å². The number of fused-ring (bicyclic) bond motifs is 1. The average molecular weight is 316 g/mol. The Morgan fingerprint density at radius 2 is 2.26 bits per heavy atom. The number of pyridine rings is 2. The second kappa shape index (κ2) is 6.39. The number of hydrogen-bond donors (Lipinski definition) is 2. The first kappa shape index (κ1) is 16.1. The molecule has 0 aromatic carbocycles. The average Bonchev–Trinajstić information content (AvgIpc) is 2.55. The fourth-order valence-corrected chi connectivity index (χ4v) is 2.97. The molecule has 0 unspecified atom stereocenters. The Morgan fingerprint density at radius 1 is 1.43 bits per heavy atom. The van der Waals surface area contributed by atoms with Crippen molar-refractivity contribution in [2.45, 2.75) is 31.4 Å². The second-order valence-electron chi connectivity index (χ2n) is 6.51. The van der Waals surface area contributed by atoms with Crippen LogP contribution in [0.5, 0.6) is 5.88 Å². The van der Waals surface area contributed by atoms with Crippen LogP contribution in [0.25, 0.3) is 11.0 Å². The van der Waals surface area contributed by atoms with E-state index in [0.29, 0.717) is 12.4 Å². The highest BCUT2D eigenvalue weighted by atomic mass is 16.5. The van der Waals surface area contributed by atoms with E-state index in [-0.39, 0.29) is 0 Å². The van der Waals surface area contributed by atoms with Crippen molar-refractivity contribution in [3.05, 3.63) is 30.0 Å². The van der Waals surface area contributed by atoms with Crippen LogP contribution in [0.15, 0.2) is 24.4 Å². The molecule has 1 fully saturated rings. The highest BCUT2D eigenvalue weighted by Crippen LogP contribution is 2.22. The molecule has 0 spiro atoms. The van der Waals surface area contributed by atoms with Crippen molar-refractivity contribution in [2.75, 3.05) is 26.7 Å². The summed E-state index contributed by atoms with van der Waals surface area (Å²) in [6.07, 6.45) is 2.99. The Labute approximate surface area is 136 Å². The van der Waals surface area contributed by atoms with E-state index < -0.39 is 11.6 Å². The highest BCUT2D eigenvalue weighted by molar-refractivity contribution is 5.78. The maximum Gasteiger partial charge on any atom is 0.213 e. The molecule has 0 amide bonds. The Balaban J connectivity index is 1.72. The van der Waals surface area contributed by atoms with E-state index in [9.17, 15) is 5.11 Å².